The number of nitrogens with zero attached hydrogens (tertiary/aromatic N) is 1. The lowest BCUT2D eigenvalue weighted by molar-refractivity contribution is -0.156. The van der Waals surface area contributed by atoms with Gasteiger partial charge in [0.05, 0.1) is 5.41 Å². The van der Waals surface area contributed by atoms with Crippen molar-refractivity contribution in [1.29, 1.82) is 0 Å². The molecular formula is C15H25NO3. The van der Waals surface area contributed by atoms with Crippen molar-refractivity contribution < 1.29 is 14.7 Å². The van der Waals surface area contributed by atoms with Crippen molar-refractivity contribution in [2.45, 2.75) is 58.8 Å². The van der Waals surface area contributed by atoms with Crippen molar-refractivity contribution in [3.63, 3.8) is 0 Å². The highest BCUT2D eigenvalue weighted by Gasteiger charge is 2.44. The van der Waals surface area contributed by atoms with E-state index in [0.717, 1.165) is 25.7 Å². The number of likely N-dealkylation sites (tertiary alicyclic amines) is 1. The standard InChI is InChI=1S/C15H25NO3/c1-3-15(13(18)19)8-10-16(11-9-15)12(17)14(2)6-4-5-7-14/h3-11H2,1-2H3,(H,18,19). The summed E-state index contributed by atoms with van der Waals surface area (Å²) in [6, 6.07) is 0. The maximum absolute atomic E-state index is 12.6. The minimum atomic E-state index is -0.700. The zero-order valence-corrected chi connectivity index (χ0v) is 12.1. The predicted molar refractivity (Wildman–Crippen MR) is 72.7 cm³/mol. The quantitative estimate of drug-likeness (QED) is 0.855. The molecule has 2 aliphatic rings. The third-order valence-electron chi connectivity index (χ3n) is 5.36. The van der Waals surface area contributed by atoms with Crippen LogP contribution in [0, 0.1) is 10.8 Å². The molecule has 2 rings (SSSR count). The maximum Gasteiger partial charge on any atom is 0.309 e. The molecule has 1 aliphatic carbocycles. The zero-order valence-electron chi connectivity index (χ0n) is 12.1. The van der Waals surface area contributed by atoms with Gasteiger partial charge in [-0.1, -0.05) is 26.7 Å². The largest absolute Gasteiger partial charge is 0.481 e. The van der Waals surface area contributed by atoms with E-state index in [1.807, 2.05) is 11.8 Å². The van der Waals surface area contributed by atoms with Crippen LogP contribution in [0.2, 0.25) is 0 Å². The van der Waals surface area contributed by atoms with Crippen LogP contribution in [0.1, 0.15) is 58.8 Å². The van der Waals surface area contributed by atoms with Gasteiger partial charge in [-0.05, 0) is 32.1 Å². The van der Waals surface area contributed by atoms with Crippen molar-refractivity contribution in [1.82, 2.24) is 4.90 Å². The fourth-order valence-electron chi connectivity index (χ4n) is 3.61. The third kappa shape index (κ3) is 2.49. The topological polar surface area (TPSA) is 57.6 Å². The van der Waals surface area contributed by atoms with Crippen molar-refractivity contribution in [3.8, 4) is 0 Å². The molecule has 2 fully saturated rings. The number of hydrogen-bond acceptors (Lipinski definition) is 2. The van der Waals surface area contributed by atoms with E-state index in [-0.39, 0.29) is 11.3 Å². The summed E-state index contributed by atoms with van der Waals surface area (Å²) in [5, 5.41) is 9.37. The molecule has 1 saturated heterocycles. The maximum atomic E-state index is 12.6. The van der Waals surface area contributed by atoms with E-state index in [1.165, 1.54) is 0 Å². The van der Waals surface area contributed by atoms with Crippen LogP contribution in [0.5, 0.6) is 0 Å². The van der Waals surface area contributed by atoms with Crippen LogP contribution < -0.4 is 0 Å². The number of piperidine rings is 1. The molecule has 0 spiro atoms. The lowest BCUT2D eigenvalue weighted by atomic mass is 9.75. The number of aliphatic carboxylic acids is 1. The van der Waals surface area contributed by atoms with Crippen LogP contribution in [0.3, 0.4) is 0 Å². The second-order valence-corrected chi connectivity index (χ2v) is 6.50. The summed E-state index contributed by atoms with van der Waals surface area (Å²) >= 11 is 0. The number of amides is 1. The summed E-state index contributed by atoms with van der Waals surface area (Å²) < 4.78 is 0. The number of hydrogen-bond donors (Lipinski definition) is 1. The second-order valence-electron chi connectivity index (χ2n) is 6.50. The summed E-state index contributed by atoms with van der Waals surface area (Å²) in [7, 11) is 0. The number of carbonyl (C=O) groups is 2. The van der Waals surface area contributed by atoms with Gasteiger partial charge in [-0.15, -0.1) is 0 Å². The lowest BCUT2D eigenvalue weighted by Crippen LogP contribution is -2.49. The Labute approximate surface area is 115 Å². The SMILES string of the molecule is CCC1(C(=O)O)CCN(C(=O)C2(C)CCCC2)CC1. The fourth-order valence-corrected chi connectivity index (χ4v) is 3.61. The van der Waals surface area contributed by atoms with Crippen molar-refractivity contribution >= 4 is 11.9 Å². The van der Waals surface area contributed by atoms with Gasteiger partial charge < -0.3 is 10.0 Å². The Hall–Kier alpha value is -1.06. The highest BCUT2D eigenvalue weighted by molar-refractivity contribution is 5.83. The van der Waals surface area contributed by atoms with Gasteiger partial charge >= 0.3 is 5.97 Å². The fraction of sp³-hybridized carbons (Fsp3) is 0.867. The minimum Gasteiger partial charge on any atom is -0.481 e. The highest BCUT2D eigenvalue weighted by Crippen LogP contribution is 2.41. The molecule has 0 aromatic heterocycles. The van der Waals surface area contributed by atoms with E-state index in [2.05, 4.69) is 6.92 Å². The van der Waals surface area contributed by atoms with Crippen LogP contribution in [0.15, 0.2) is 0 Å². The number of carboxylic acids is 1. The van der Waals surface area contributed by atoms with E-state index in [0.29, 0.717) is 32.4 Å². The third-order valence-corrected chi connectivity index (χ3v) is 5.36. The van der Waals surface area contributed by atoms with Gasteiger partial charge in [0, 0.05) is 18.5 Å². The Balaban J connectivity index is 2.00. The molecule has 1 N–H and O–H groups in total. The monoisotopic (exact) mass is 267 g/mol. The first-order valence-electron chi connectivity index (χ1n) is 7.46. The molecule has 1 saturated carbocycles. The molecule has 4 nitrogen and oxygen atoms in total. The first kappa shape index (κ1) is 14.4. The molecule has 0 aromatic carbocycles. The summed E-state index contributed by atoms with van der Waals surface area (Å²) in [5.41, 5.74) is -0.789. The summed E-state index contributed by atoms with van der Waals surface area (Å²) in [6.07, 6.45) is 6.11. The Morgan fingerprint density at radius 1 is 1.11 bits per heavy atom. The Morgan fingerprint density at radius 3 is 2.05 bits per heavy atom. The average molecular weight is 267 g/mol. The van der Waals surface area contributed by atoms with Crippen LogP contribution in [-0.4, -0.2) is 35.0 Å². The van der Waals surface area contributed by atoms with E-state index in [4.69, 9.17) is 0 Å². The van der Waals surface area contributed by atoms with Gasteiger partial charge in [-0.2, -0.15) is 0 Å². The average Bonchev–Trinajstić information content (AvgIpc) is 2.86. The molecule has 0 bridgehead atoms. The van der Waals surface area contributed by atoms with Gasteiger partial charge in [0.1, 0.15) is 0 Å². The molecule has 4 heteroatoms. The number of carboxylic acid groups (broad SMARTS) is 1. The minimum absolute atomic E-state index is 0.185. The van der Waals surface area contributed by atoms with E-state index >= 15 is 0 Å². The van der Waals surface area contributed by atoms with Gasteiger partial charge in [0.25, 0.3) is 0 Å². The van der Waals surface area contributed by atoms with Crippen molar-refractivity contribution in [3.05, 3.63) is 0 Å². The Kier molecular flexibility index (Phi) is 3.88. The molecule has 19 heavy (non-hydrogen) atoms. The Bertz CT molecular complexity index is 364. The lowest BCUT2D eigenvalue weighted by Gasteiger charge is -2.41. The zero-order chi connectivity index (χ0) is 14.1. The van der Waals surface area contributed by atoms with Gasteiger partial charge in [-0.3, -0.25) is 9.59 Å². The first-order valence-corrected chi connectivity index (χ1v) is 7.46. The van der Waals surface area contributed by atoms with Crippen molar-refractivity contribution in [2.24, 2.45) is 10.8 Å². The molecule has 1 aliphatic heterocycles. The van der Waals surface area contributed by atoms with Gasteiger partial charge in [0.15, 0.2) is 0 Å². The van der Waals surface area contributed by atoms with Crippen molar-refractivity contribution in [2.75, 3.05) is 13.1 Å². The van der Waals surface area contributed by atoms with Gasteiger partial charge in [0.2, 0.25) is 5.91 Å². The van der Waals surface area contributed by atoms with E-state index in [9.17, 15) is 14.7 Å². The molecule has 1 amide bonds. The van der Waals surface area contributed by atoms with Crippen LogP contribution >= 0.6 is 0 Å². The molecular weight excluding hydrogens is 242 g/mol. The number of rotatable bonds is 3. The molecule has 0 atom stereocenters. The normalized spacial score (nSPS) is 25.3. The molecule has 108 valence electrons. The molecule has 0 aromatic rings. The van der Waals surface area contributed by atoms with E-state index in [1.54, 1.807) is 0 Å². The highest BCUT2D eigenvalue weighted by atomic mass is 16.4. The molecule has 0 radical (unpaired) electrons. The van der Waals surface area contributed by atoms with Gasteiger partial charge in [-0.25, -0.2) is 0 Å². The van der Waals surface area contributed by atoms with Crippen LogP contribution in [0.4, 0.5) is 0 Å². The number of carbonyl (C=O) groups excluding carboxylic acids is 1. The predicted octanol–water partition coefficient (Wildman–Crippen LogP) is 2.67. The smallest absolute Gasteiger partial charge is 0.309 e. The van der Waals surface area contributed by atoms with E-state index < -0.39 is 11.4 Å². The summed E-state index contributed by atoms with van der Waals surface area (Å²) in [6.45, 7) is 5.22. The first-order chi connectivity index (χ1) is 8.93. The summed E-state index contributed by atoms with van der Waals surface area (Å²) in [4.78, 5) is 25.9. The molecule has 0 unspecified atom stereocenters. The second kappa shape index (κ2) is 5.14. The van der Waals surface area contributed by atoms with Crippen LogP contribution in [-0.2, 0) is 9.59 Å². The summed E-state index contributed by atoms with van der Waals surface area (Å²) in [5.74, 6) is -0.450. The molecule has 1 heterocycles. The van der Waals surface area contributed by atoms with Crippen LogP contribution in [0.25, 0.3) is 0 Å². The Morgan fingerprint density at radius 2 is 1.63 bits per heavy atom.